The maximum atomic E-state index is 13.8. The van der Waals surface area contributed by atoms with E-state index in [-0.39, 0.29) is 22.9 Å². The van der Waals surface area contributed by atoms with E-state index in [1.54, 1.807) is 4.90 Å². The summed E-state index contributed by atoms with van der Waals surface area (Å²) in [4.78, 5) is 7.56. The molecule has 0 unspecified atom stereocenters. The molecule has 0 radical (unpaired) electrons. The first-order valence-electron chi connectivity index (χ1n) is 7.88. The number of piperazine rings is 1. The molecule has 0 spiro atoms. The largest absolute Gasteiger partial charge is 0.417 e. The van der Waals surface area contributed by atoms with Crippen molar-refractivity contribution in [2.75, 3.05) is 31.1 Å². The molecule has 1 aromatic heterocycles. The zero-order chi connectivity index (χ0) is 18.9. The third-order valence-electron chi connectivity index (χ3n) is 4.25. The minimum Gasteiger partial charge on any atom is -0.353 e. The Balaban J connectivity index is 1.64. The quantitative estimate of drug-likeness (QED) is 0.725. The van der Waals surface area contributed by atoms with Crippen molar-refractivity contribution < 1.29 is 22.0 Å². The summed E-state index contributed by atoms with van der Waals surface area (Å²) >= 11 is 5.96. The number of benzene rings is 1. The first-order chi connectivity index (χ1) is 12.3. The van der Waals surface area contributed by atoms with Crippen LogP contribution in [0.15, 0.2) is 30.5 Å². The van der Waals surface area contributed by atoms with Gasteiger partial charge in [0.05, 0.1) is 10.6 Å². The van der Waals surface area contributed by atoms with E-state index in [4.69, 9.17) is 11.6 Å². The molecule has 3 rings (SSSR count). The Labute approximate surface area is 152 Å². The zero-order valence-corrected chi connectivity index (χ0v) is 14.3. The number of alkyl halides is 3. The van der Waals surface area contributed by atoms with Gasteiger partial charge in [-0.1, -0.05) is 23.7 Å². The molecular formula is C17H15ClF5N3. The maximum absolute atomic E-state index is 13.8. The normalized spacial score (nSPS) is 16.2. The van der Waals surface area contributed by atoms with Crippen LogP contribution in [0, 0.1) is 11.6 Å². The molecule has 1 aliphatic rings. The monoisotopic (exact) mass is 391 g/mol. The fourth-order valence-corrected chi connectivity index (χ4v) is 3.13. The van der Waals surface area contributed by atoms with Crippen molar-refractivity contribution in [1.29, 1.82) is 0 Å². The molecular weight excluding hydrogens is 377 g/mol. The van der Waals surface area contributed by atoms with Gasteiger partial charge in [-0.3, -0.25) is 4.90 Å². The van der Waals surface area contributed by atoms with Gasteiger partial charge < -0.3 is 4.90 Å². The van der Waals surface area contributed by atoms with Crippen molar-refractivity contribution in [3.05, 3.63) is 58.2 Å². The molecule has 1 fully saturated rings. The summed E-state index contributed by atoms with van der Waals surface area (Å²) in [6.07, 6.45) is -3.74. The van der Waals surface area contributed by atoms with E-state index < -0.39 is 23.4 Å². The summed E-state index contributed by atoms with van der Waals surface area (Å²) in [5.41, 5.74) is -0.629. The Morgan fingerprint density at radius 2 is 1.77 bits per heavy atom. The van der Waals surface area contributed by atoms with E-state index in [0.717, 1.165) is 18.3 Å². The first-order valence-corrected chi connectivity index (χ1v) is 8.26. The Bertz CT molecular complexity index is 788. The van der Waals surface area contributed by atoms with Gasteiger partial charge in [0.25, 0.3) is 0 Å². The lowest BCUT2D eigenvalue weighted by Gasteiger charge is -2.35. The molecule has 26 heavy (non-hydrogen) atoms. The van der Waals surface area contributed by atoms with Crippen LogP contribution in [0.4, 0.5) is 27.8 Å². The molecule has 1 saturated heterocycles. The summed E-state index contributed by atoms with van der Waals surface area (Å²) in [5.74, 6) is -1.46. The predicted molar refractivity (Wildman–Crippen MR) is 88.1 cm³/mol. The highest BCUT2D eigenvalue weighted by molar-refractivity contribution is 6.33. The van der Waals surface area contributed by atoms with Gasteiger partial charge in [0.1, 0.15) is 5.82 Å². The topological polar surface area (TPSA) is 19.4 Å². The maximum Gasteiger partial charge on any atom is 0.417 e. The number of hydrogen-bond acceptors (Lipinski definition) is 3. The van der Waals surface area contributed by atoms with Crippen molar-refractivity contribution in [2.24, 2.45) is 0 Å². The number of halogens is 6. The van der Waals surface area contributed by atoms with E-state index in [0.29, 0.717) is 26.2 Å². The molecule has 1 aliphatic heterocycles. The zero-order valence-electron chi connectivity index (χ0n) is 13.5. The van der Waals surface area contributed by atoms with E-state index >= 15 is 0 Å². The molecule has 0 saturated carbocycles. The second-order valence-corrected chi connectivity index (χ2v) is 6.41. The highest BCUT2D eigenvalue weighted by Crippen LogP contribution is 2.33. The molecule has 0 atom stereocenters. The SMILES string of the molecule is Fc1cccc(CN2CCN(c3ncc(C(F)(F)F)cc3Cl)CC2)c1F. The Morgan fingerprint density at radius 3 is 2.38 bits per heavy atom. The molecule has 0 bridgehead atoms. The number of nitrogens with zero attached hydrogens (tertiary/aromatic N) is 3. The number of aromatic nitrogens is 1. The number of rotatable bonds is 3. The first kappa shape index (κ1) is 18.8. The Morgan fingerprint density at radius 1 is 1.08 bits per heavy atom. The minimum atomic E-state index is -4.50. The molecule has 2 heterocycles. The van der Waals surface area contributed by atoms with Gasteiger partial charge in [0.2, 0.25) is 0 Å². The van der Waals surface area contributed by atoms with Crippen LogP contribution in [-0.2, 0) is 12.7 Å². The standard InChI is InChI=1S/C17H15ClF5N3/c18-13-8-12(17(21,22)23)9-24-16(13)26-6-4-25(5-7-26)10-11-2-1-3-14(19)15(11)20/h1-3,8-9H,4-7,10H2. The lowest BCUT2D eigenvalue weighted by Crippen LogP contribution is -2.46. The molecule has 0 aliphatic carbocycles. The van der Waals surface area contributed by atoms with Crippen LogP contribution < -0.4 is 4.90 Å². The second kappa shape index (κ2) is 7.36. The average Bonchev–Trinajstić information content (AvgIpc) is 2.59. The fourth-order valence-electron chi connectivity index (χ4n) is 2.85. The molecule has 2 aromatic rings. The van der Waals surface area contributed by atoms with E-state index in [9.17, 15) is 22.0 Å². The van der Waals surface area contributed by atoms with E-state index in [1.165, 1.54) is 12.1 Å². The van der Waals surface area contributed by atoms with Crippen molar-refractivity contribution in [3.8, 4) is 0 Å². The summed E-state index contributed by atoms with van der Waals surface area (Å²) < 4.78 is 65.1. The summed E-state index contributed by atoms with van der Waals surface area (Å²) in [6, 6.07) is 4.91. The van der Waals surface area contributed by atoms with Gasteiger partial charge in [0, 0.05) is 44.5 Å². The van der Waals surface area contributed by atoms with Crippen LogP contribution in [0.1, 0.15) is 11.1 Å². The highest BCUT2D eigenvalue weighted by atomic mass is 35.5. The van der Waals surface area contributed by atoms with Gasteiger partial charge in [-0.05, 0) is 12.1 Å². The molecule has 140 valence electrons. The van der Waals surface area contributed by atoms with Gasteiger partial charge in [0.15, 0.2) is 11.6 Å². The molecule has 3 nitrogen and oxygen atoms in total. The lowest BCUT2D eigenvalue weighted by molar-refractivity contribution is -0.137. The number of hydrogen-bond donors (Lipinski definition) is 0. The molecule has 0 N–H and O–H groups in total. The van der Waals surface area contributed by atoms with Crippen LogP contribution >= 0.6 is 11.6 Å². The van der Waals surface area contributed by atoms with Crippen molar-refractivity contribution in [1.82, 2.24) is 9.88 Å². The second-order valence-electron chi connectivity index (χ2n) is 6.00. The number of pyridine rings is 1. The van der Waals surface area contributed by atoms with Crippen molar-refractivity contribution in [2.45, 2.75) is 12.7 Å². The van der Waals surface area contributed by atoms with E-state index in [2.05, 4.69) is 4.98 Å². The smallest absolute Gasteiger partial charge is 0.353 e. The average molecular weight is 392 g/mol. The van der Waals surface area contributed by atoms with Crippen LogP contribution in [0.2, 0.25) is 5.02 Å². The lowest BCUT2D eigenvalue weighted by atomic mass is 10.1. The Kier molecular flexibility index (Phi) is 5.34. The predicted octanol–water partition coefficient (Wildman–Crippen LogP) is 4.35. The van der Waals surface area contributed by atoms with Crippen molar-refractivity contribution >= 4 is 17.4 Å². The molecule has 9 heteroatoms. The van der Waals surface area contributed by atoms with E-state index in [1.807, 2.05) is 4.90 Å². The third kappa shape index (κ3) is 4.07. The van der Waals surface area contributed by atoms with Crippen LogP contribution in [0.25, 0.3) is 0 Å². The van der Waals surface area contributed by atoms with Gasteiger partial charge in [-0.2, -0.15) is 13.2 Å². The van der Waals surface area contributed by atoms with Gasteiger partial charge in [-0.25, -0.2) is 13.8 Å². The van der Waals surface area contributed by atoms with Crippen LogP contribution in [-0.4, -0.2) is 36.1 Å². The van der Waals surface area contributed by atoms with Crippen LogP contribution in [0.5, 0.6) is 0 Å². The van der Waals surface area contributed by atoms with Crippen molar-refractivity contribution in [3.63, 3.8) is 0 Å². The minimum absolute atomic E-state index is 0.0653. The summed E-state index contributed by atoms with van der Waals surface area (Å²) in [6.45, 7) is 2.24. The molecule has 0 amide bonds. The van der Waals surface area contributed by atoms with Gasteiger partial charge in [-0.15, -0.1) is 0 Å². The Hall–Kier alpha value is -1.93. The van der Waals surface area contributed by atoms with Gasteiger partial charge >= 0.3 is 6.18 Å². The fraction of sp³-hybridized carbons (Fsp3) is 0.353. The summed E-state index contributed by atoms with van der Waals surface area (Å²) in [5, 5.41) is -0.0653. The number of anilines is 1. The highest BCUT2D eigenvalue weighted by Gasteiger charge is 2.32. The summed E-state index contributed by atoms with van der Waals surface area (Å²) in [7, 11) is 0. The third-order valence-corrected chi connectivity index (χ3v) is 4.52. The molecule has 1 aromatic carbocycles. The van der Waals surface area contributed by atoms with Crippen LogP contribution in [0.3, 0.4) is 0 Å².